The molecule has 1 atom stereocenters. The van der Waals surface area contributed by atoms with E-state index >= 15 is 0 Å². The predicted octanol–water partition coefficient (Wildman–Crippen LogP) is 5.29. The van der Waals surface area contributed by atoms with Crippen LogP contribution in [-0.2, 0) is 5.72 Å². The van der Waals surface area contributed by atoms with Crippen molar-refractivity contribution in [1.29, 1.82) is 0 Å². The van der Waals surface area contributed by atoms with Gasteiger partial charge in [-0.15, -0.1) is 0 Å². The molecule has 4 nitrogen and oxygen atoms in total. The quantitative estimate of drug-likeness (QED) is 0.651. The van der Waals surface area contributed by atoms with E-state index in [0.717, 1.165) is 0 Å². The number of aliphatic hydroxyl groups is 1. The average Bonchev–Trinajstić information content (AvgIpc) is 2.96. The molecule has 3 aromatic rings. The number of urea groups is 1. The van der Waals surface area contributed by atoms with Crippen LogP contribution in [0.5, 0.6) is 0 Å². The molecule has 6 heteroatoms. The van der Waals surface area contributed by atoms with E-state index in [2.05, 4.69) is 0 Å². The Kier molecular flexibility index (Phi) is 4.56. The van der Waals surface area contributed by atoms with E-state index in [0.29, 0.717) is 27.0 Å². The third-order valence-corrected chi connectivity index (χ3v) is 5.13. The van der Waals surface area contributed by atoms with Gasteiger partial charge in [0.1, 0.15) is 0 Å². The van der Waals surface area contributed by atoms with Gasteiger partial charge in [-0.1, -0.05) is 53.5 Å². The highest BCUT2D eigenvalue weighted by Crippen LogP contribution is 2.40. The molecule has 2 amide bonds. The van der Waals surface area contributed by atoms with E-state index in [1.54, 1.807) is 48.5 Å². The van der Waals surface area contributed by atoms with Crippen molar-refractivity contribution < 1.29 is 9.90 Å². The summed E-state index contributed by atoms with van der Waals surface area (Å²) in [6.07, 6.45) is 0. The number of β-amino-alcohol motifs (C(OH)–C–C–N with tert-alkyl or cyclic N) is 1. The van der Waals surface area contributed by atoms with Crippen molar-refractivity contribution in [2.45, 2.75) is 5.72 Å². The van der Waals surface area contributed by atoms with Crippen molar-refractivity contribution in [3.05, 3.63) is 94.5 Å². The standard InChI is InChI=1S/C21H16Cl2N2O2/c22-16-6-10-18(11-7-16)24-14-21(27,15-4-2-1-3-5-15)25(20(24)26)19-12-8-17(23)9-13-19/h1-13,27H,14H2. The highest BCUT2D eigenvalue weighted by Gasteiger charge is 2.51. The lowest BCUT2D eigenvalue weighted by molar-refractivity contribution is 0.0655. The molecule has 1 unspecified atom stereocenters. The van der Waals surface area contributed by atoms with E-state index in [-0.39, 0.29) is 12.6 Å². The van der Waals surface area contributed by atoms with Gasteiger partial charge in [0.05, 0.1) is 6.54 Å². The topological polar surface area (TPSA) is 43.8 Å². The van der Waals surface area contributed by atoms with Crippen LogP contribution in [0.1, 0.15) is 5.56 Å². The van der Waals surface area contributed by atoms with Crippen molar-refractivity contribution >= 4 is 40.6 Å². The largest absolute Gasteiger partial charge is 0.365 e. The molecule has 3 aromatic carbocycles. The summed E-state index contributed by atoms with van der Waals surface area (Å²) in [6, 6.07) is 22.6. The smallest absolute Gasteiger partial charge is 0.331 e. The molecule has 0 bridgehead atoms. The number of benzene rings is 3. The number of halogens is 2. The van der Waals surface area contributed by atoms with Crippen molar-refractivity contribution in [3.8, 4) is 0 Å². The number of anilines is 2. The number of carbonyl (C=O) groups is 1. The zero-order valence-electron chi connectivity index (χ0n) is 14.2. The molecule has 27 heavy (non-hydrogen) atoms. The summed E-state index contributed by atoms with van der Waals surface area (Å²) in [4.78, 5) is 16.2. The second-order valence-electron chi connectivity index (χ2n) is 6.34. The van der Waals surface area contributed by atoms with Gasteiger partial charge in [0.15, 0.2) is 5.72 Å². The average molecular weight is 399 g/mol. The normalized spacial score (nSPS) is 19.6. The van der Waals surface area contributed by atoms with E-state index < -0.39 is 5.72 Å². The summed E-state index contributed by atoms with van der Waals surface area (Å²) >= 11 is 12.0. The van der Waals surface area contributed by atoms with Crippen molar-refractivity contribution in [3.63, 3.8) is 0 Å². The van der Waals surface area contributed by atoms with Gasteiger partial charge in [0, 0.05) is 27.0 Å². The lowest BCUT2D eigenvalue weighted by Crippen LogP contribution is -2.44. The maximum absolute atomic E-state index is 13.3. The number of hydrogen-bond donors (Lipinski definition) is 1. The van der Waals surface area contributed by atoms with E-state index in [1.807, 2.05) is 30.3 Å². The summed E-state index contributed by atoms with van der Waals surface area (Å²) in [7, 11) is 0. The minimum absolute atomic E-state index is 0.0834. The molecule has 0 aliphatic carbocycles. The molecular weight excluding hydrogens is 383 g/mol. The van der Waals surface area contributed by atoms with Gasteiger partial charge >= 0.3 is 6.03 Å². The molecule has 1 N–H and O–H groups in total. The number of amides is 2. The zero-order chi connectivity index (χ0) is 19.0. The van der Waals surface area contributed by atoms with Crippen LogP contribution < -0.4 is 9.80 Å². The third-order valence-electron chi connectivity index (χ3n) is 4.63. The van der Waals surface area contributed by atoms with E-state index in [1.165, 1.54) is 9.80 Å². The summed E-state index contributed by atoms with van der Waals surface area (Å²) in [5.41, 5.74) is 0.332. The SMILES string of the molecule is O=C1N(c2ccc(Cl)cc2)CC(O)(c2ccccc2)N1c1ccc(Cl)cc1. The van der Waals surface area contributed by atoms with Crippen LogP contribution in [0.3, 0.4) is 0 Å². The first-order chi connectivity index (χ1) is 13.0. The highest BCUT2D eigenvalue weighted by atomic mass is 35.5. The van der Waals surface area contributed by atoms with Crippen LogP contribution >= 0.6 is 23.2 Å². The summed E-state index contributed by atoms with van der Waals surface area (Å²) < 4.78 is 0. The molecule has 136 valence electrons. The molecule has 4 rings (SSSR count). The van der Waals surface area contributed by atoms with Crippen LogP contribution in [0.25, 0.3) is 0 Å². The monoisotopic (exact) mass is 398 g/mol. The van der Waals surface area contributed by atoms with Gasteiger partial charge in [-0.05, 0) is 48.5 Å². The fraction of sp³-hybridized carbons (Fsp3) is 0.0952. The number of rotatable bonds is 3. The maximum atomic E-state index is 13.3. The van der Waals surface area contributed by atoms with E-state index in [4.69, 9.17) is 23.2 Å². The van der Waals surface area contributed by atoms with Gasteiger partial charge < -0.3 is 5.11 Å². The Morgan fingerprint density at radius 2 is 1.30 bits per heavy atom. The van der Waals surface area contributed by atoms with Crippen molar-refractivity contribution in [2.24, 2.45) is 0 Å². The second kappa shape index (κ2) is 6.89. The highest BCUT2D eigenvalue weighted by molar-refractivity contribution is 6.31. The fourth-order valence-electron chi connectivity index (χ4n) is 3.30. The summed E-state index contributed by atoms with van der Waals surface area (Å²) in [6.45, 7) is 0.0834. The van der Waals surface area contributed by atoms with Crippen LogP contribution in [0, 0.1) is 0 Å². The first kappa shape index (κ1) is 17.9. The first-order valence-electron chi connectivity index (χ1n) is 8.40. The molecule has 1 heterocycles. The van der Waals surface area contributed by atoms with Gasteiger partial charge in [0.2, 0.25) is 0 Å². The third kappa shape index (κ3) is 3.16. The Hall–Kier alpha value is -2.53. The number of nitrogens with zero attached hydrogens (tertiary/aromatic N) is 2. The molecule has 1 saturated heterocycles. The molecule has 0 radical (unpaired) electrons. The summed E-state index contributed by atoms with van der Waals surface area (Å²) in [5.74, 6) is 0. The van der Waals surface area contributed by atoms with Crippen molar-refractivity contribution in [2.75, 3.05) is 16.3 Å². The van der Waals surface area contributed by atoms with Crippen molar-refractivity contribution in [1.82, 2.24) is 0 Å². The zero-order valence-corrected chi connectivity index (χ0v) is 15.7. The summed E-state index contributed by atoms with van der Waals surface area (Å²) in [5, 5.41) is 12.7. The van der Waals surface area contributed by atoms with Gasteiger partial charge in [0.25, 0.3) is 0 Å². The Morgan fingerprint density at radius 3 is 1.85 bits per heavy atom. The Labute approximate surface area is 167 Å². The van der Waals surface area contributed by atoms with Crippen LogP contribution in [0.2, 0.25) is 10.0 Å². The van der Waals surface area contributed by atoms with Crippen LogP contribution in [0.4, 0.5) is 16.2 Å². The first-order valence-corrected chi connectivity index (χ1v) is 9.15. The lowest BCUT2D eigenvalue weighted by Gasteiger charge is -2.32. The molecule has 1 aliphatic heterocycles. The van der Waals surface area contributed by atoms with Gasteiger partial charge in [-0.2, -0.15) is 0 Å². The maximum Gasteiger partial charge on any atom is 0.331 e. The predicted molar refractivity (Wildman–Crippen MR) is 108 cm³/mol. The van der Waals surface area contributed by atoms with Gasteiger partial charge in [-0.25, -0.2) is 4.79 Å². The fourth-order valence-corrected chi connectivity index (χ4v) is 3.55. The Morgan fingerprint density at radius 1 is 0.778 bits per heavy atom. The minimum atomic E-state index is -1.52. The molecule has 1 fully saturated rings. The van der Waals surface area contributed by atoms with Gasteiger partial charge in [-0.3, -0.25) is 9.80 Å². The molecule has 0 saturated carbocycles. The van der Waals surface area contributed by atoms with Crippen LogP contribution in [0.15, 0.2) is 78.9 Å². The minimum Gasteiger partial charge on any atom is -0.365 e. The van der Waals surface area contributed by atoms with Crippen LogP contribution in [-0.4, -0.2) is 17.7 Å². The molecule has 0 aromatic heterocycles. The van der Waals surface area contributed by atoms with E-state index in [9.17, 15) is 9.90 Å². The Balaban J connectivity index is 1.83. The number of hydrogen-bond acceptors (Lipinski definition) is 2. The molecular formula is C21H16Cl2N2O2. The lowest BCUT2D eigenvalue weighted by atomic mass is 10.0. The Bertz CT molecular complexity index is 962. The second-order valence-corrected chi connectivity index (χ2v) is 7.21. The molecule has 1 aliphatic rings. The molecule has 0 spiro atoms. The number of carbonyl (C=O) groups excluding carboxylic acids is 1.